The summed E-state index contributed by atoms with van der Waals surface area (Å²) in [4.78, 5) is 23.6. The summed E-state index contributed by atoms with van der Waals surface area (Å²) in [7, 11) is 0. The number of nitrogens with zero attached hydrogens (tertiary/aromatic N) is 4. The molecule has 1 aromatic carbocycles. The van der Waals surface area contributed by atoms with E-state index in [9.17, 15) is 13.6 Å². The zero-order valence-corrected chi connectivity index (χ0v) is 17.8. The molecule has 2 aliphatic rings. The van der Waals surface area contributed by atoms with Crippen LogP contribution in [0.4, 0.5) is 14.5 Å². The number of aryl methyl sites for hydroxylation is 1. The topological polar surface area (TPSA) is 62.5 Å². The van der Waals surface area contributed by atoms with Gasteiger partial charge < -0.3 is 10.2 Å². The van der Waals surface area contributed by atoms with Gasteiger partial charge in [-0.1, -0.05) is 30.7 Å². The Morgan fingerprint density at radius 3 is 2.58 bits per heavy atom. The summed E-state index contributed by atoms with van der Waals surface area (Å²) in [5.41, 5.74) is 2.87. The molecule has 1 saturated heterocycles. The molecule has 1 saturated carbocycles. The van der Waals surface area contributed by atoms with Crippen LogP contribution in [0.3, 0.4) is 0 Å². The molecule has 162 valence electrons. The zero-order chi connectivity index (χ0) is 21.8. The van der Waals surface area contributed by atoms with Gasteiger partial charge in [0.1, 0.15) is 5.69 Å². The number of amides is 1. The maximum atomic E-state index is 13.2. The van der Waals surface area contributed by atoms with Crippen LogP contribution in [0.2, 0.25) is 5.02 Å². The third kappa shape index (κ3) is 3.63. The Labute approximate surface area is 183 Å². The molecule has 1 aliphatic carbocycles. The molecule has 2 aromatic heterocycles. The van der Waals surface area contributed by atoms with Gasteiger partial charge in [-0.2, -0.15) is 0 Å². The molecule has 3 aromatic rings. The van der Waals surface area contributed by atoms with E-state index in [1.165, 1.54) is 6.20 Å². The van der Waals surface area contributed by atoms with E-state index in [0.717, 1.165) is 11.3 Å². The van der Waals surface area contributed by atoms with Gasteiger partial charge in [0.05, 0.1) is 16.9 Å². The monoisotopic (exact) mass is 445 g/mol. The minimum Gasteiger partial charge on any atom is -0.370 e. The molecule has 6 nitrogen and oxygen atoms in total. The molecule has 5 rings (SSSR count). The number of hydrogen-bond donors (Lipinski definition) is 1. The van der Waals surface area contributed by atoms with Gasteiger partial charge in [0.15, 0.2) is 0 Å². The minimum atomic E-state index is -2.48. The highest BCUT2D eigenvalue weighted by Crippen LogP contribution is 2.57. The van der Waals surface area contributed by atoms with Crippen molar-refractivity contribution in [2.24, 2.45) is 5.41 Å². The number of benzene rings is 1. The maximum absolute atomic E-state index is 13.2. The Morgan fingerprint density at radius 2 is 1.94 bits per heavy atom. The Hall–Kier alpha value is -2.74. The summed E-state index contributed by atoms with van der Waals surface area (Å²) in [6.45, 7) is 3.66. The molecular formula is C22H22ClF2N5O. The number of alkyl halides is 2. The van der Waals surface area contributed by atoms with Gasteiger partial charge in [0.2, 0.25) is 11.7 Å². The van der Waals surface area contributed by atoms with Crippen molar-refractivity contribution in [2.45, 2.75) is 38.7 Å². The number of rotatable bonds is 5. The van der Waals surface area contributed by atoms with Crippen molar-refractivity contribution in [3.8, 4) is 0 Å². The van der Waals surface area contributed by atoms with Crippen LogP contribution in [0.1, 0.15) is 41.5 Å². The summed E-state index contributed by atoms with van der Waals surface area (Å²) >= 11 is 6.04. The third-order valence-corrected chi connectivity index (χ3v) is 6.34. The molecule has 31 heavy (non-hydrogen) atoms. The van der Waals surface area contributed by atoms with Crippen LogP contribution < -0.4 is 10.2 Å². The first-order chi connectivity index (χ1) is 14.8. The van der Waals surface area contributed by atoms with Crippen LogP contribution in [-0.4, -0.2) is 39.3 Å². The van der Waals surface area contributed by atoms with Gasteiger partial charge in [-0.3, -0.25) is 9.20 Å². The highest BCUT2D eigenvalue weighted by molar-refractivity contribution is 6.30. The summed E-state index contributed by atoms with van der Waals surface area (Å²) in [6, 6.07) is 7.84. The number of nitrogens with one attached hydrogen (secondary N) is 1. The van der Waals surface area contributed by atoms with E-state index in [2.05, 4.69) is 20.2 Å². The van der Waals surface area contributed by atoms with Crippen LogP contribution >= 0.6 is 11.6 Å². The van der Waals surface area contributed by atoms with E-state index in [1.807, 2.05) is 31.2 Å². The number of anilines is 1. The van der Waals surface area contributed by atoms with E-state index < -0.39 is 5.92 Å². The second-order valence-corrected chi connectivity index (χ2v) is 9.05. The minimum absolute atomic E-state index is 0.00434. The van der Waals surface area contributed by atoms with Gasteiger partial charge in [0, 0.05) is 49.8 Å². The second-order valence-electron chi connectivity index (χ2n) is 8.62. The predicted molar refractivity (Wildman–Crippen MR) is 114 cm³/mol. The number of hydrogen-bond acceptors (Lipinski definition) is 4. The number of halogens is 3. The fourth-order valence-corrected chi connectivity index (χ4v) is 4.90. The Balaban J connectivity index is 1.22. The molecule has 1 N–H and O–H groups in total. The number of carbonyl (C=O) groups excluding carboxylic acids is 1. The first kappa shape index (κ1) is 20.2. The van der Waals surface area contributed by atoms with E-state index in [0.29, 0.717) is 48.2 Å². The lowest BCUT2D eigenvalue weighted by Gasteiger charge is -2.59. The van der Waals surface area contributed by atoms with Gasteiger partial charge >= 0.3 is 0 Å². The Morgan fingerprint density at radius 1 is 1.23 bits per heavy atom. The second kappa shape index (κ2) is 7.15. The molecule has 0 bridgehead atoms. The molecule has 1 amide bonds. The smallest absolute Gasteiger partial charge is 0.270 e. The van der Waals surface area contributed by atoms with Crippen LogP contribution in [0.5, 0.6) is 0 Å². The van der Waals surface area contributed by atoms with Crippen molar-refractivity contribution in [1.82, 2.24) is 19.7 Å². The van der Waals surface area contributed by atoms with Gasteiger partial charge in [-0.25, -0.2) is 18.7 Å². The normalized spacial score (nSPS) is 18.6. The fourth-order valence-electron chi connectivity index (χ4n) is 4.75. The van der Waals surface area contributed by atoms with Crippen molar-refractivity contribution in [3.63, 3.8) is 0 Å². The molecular weight excluding hydrogens is 424 g/mol. The SMILES string of the molecule is CCc1nc2ncc(Cl)cn2c1C(=O)NCc1ccc(N2CC3(C2)CC(F)(F)C3)cc1. The van der Waals surface area contributed by atoms with Gasteiger partial charge in [-0.05, 0) is 24.1 Å². The summed E-state index contributed by atoms with van der Waals surface area (Å²) in [6.07, 6.45) is 3.75. The van der Waals surface area contributed by atoms with Crippen molar-refractivity contribution >= 4 is 29.0 Å². The lowest BCUT2D eigenvalue weighted by Crippen LogP contribution is -2.65. The molecule has 0 radical (unpaired) electrons. The molecule has 2 fully saturated rings. The first-order valence-corrected chi connectivity index (χ1v) is 10.7. The summed E-state index contributed by atoms with van der Waals surface area (Å²) in [5.74, 6) is -2.28. The van der Waals surface area contributed by atoms with Crippen molar-refractivity contribution < 1.29 is 13.6 Å². The van der Waals surface area contributed by atoms with E-state index in [4.69, 9.17) is 11.6 Å². The predicted octanol–water partition coefficient (Wildman–Crippen LogP) is 4.11. The fraction of sp³-hybridized carbons (Fsp3) is 0.409. The van der Waals surface area contributed by atoms with E-state index in [-0.39, 0.29) is 24.2 Å². The first-order valence-electron chi connectivity index (χ1n) is 10.3. The quantitative estimate of drug-likeness (QED) is 0.642. The Bertz CT molecular complexity index is 1140. The standard InChI is InChI=1S/C22H22ClF2N5O/c1-2-17-18(30-9-15(23)8-27-20(30)28-17)19(31)26-7-14-3-5-16(6-4-14)29-12-21(13-29)10-22(24,25)11-21/h3-6,8-9H,2,7,10-13H2,1H3,(H,26,31). The van der Waals surface area contributed by atoms with Crippen LogP contribution in [0.25, 0.3) is 5.78 Å². The number of imidazole rings is 1. The molecule has 9 heteroatoms. The van der Waals surface area contributed by atoms with Crippen molar-refractivity contribution in [1.29, 1.82) is 0 Å². The number of aromatic nitrogens is 3. The molecule has 3 heterocycles. The average Bonchev–Trinajstić information content (AvgIpc) is 3.06. The van der Waals surface area contributed by atoms with Crippen LogP contribution in [-0.2, 0) is 13.0 Å². The molecule has 1 aliphatic heterocycles. The van der Waals surface area contributed by atoms with Gasteiger partial charge in [0.25, 0.3) is 5.91 Å². The zero-order valence-electron chi connectivity index (χ0n) is 17.0. The lowest BCUT2D eigenvalue weighted by molar-refractivity contribution is -0.170. The van der Waals surface area contributed by atoms with Crippen molar-refractivity contribution in [2.75, 3.05) is 18.0 Å². The average molecular weight is 446 g/mol. The largest absolute Gasteiger partial charge is 0.370 e. The lowest BCUT2D eigenvalue weighted by atomic mass is 9.61. The van der Waals surface area contributed by atoms with Crippen LogP contribution in [0, 0.1) is 5.41 Å². The van der Waals surface area contributed by atoms with Crippen molar-refractivity contribution in [3.05, 3.63) is 58.6 Å². The molecule has 0 unspecified atom stereocenters. The van der Waals surface area contributed by atoms with E-state index >= 15 is 0 Å². The third-order valence-electron chi connectivity index (χ3n) is 6.14. The van der Waals surface area contributed by atoms with Crippen LogP contribution in [0.15, 0.2) is 36.7 Å². The van der Waals surface area contributed by atoms with E-state index in [1.54, 1.807) is 10.6 Å². The maximum Gasteiger partial charge on any atom is 0.270 e. The summed E-state index contributed by atoms with van der Waals surface area (Å²) in [5, 5.41) is 3.36. The highest BCUT2D eigenvalue weighted by atomic mass is 35.5. The summed E-state index contributed by atoms with van der Waals surface area (Å²) < 4.78 is 28.0. The number of fused-ring (bicyclic) bond motifs is 1. The number of carbonyl (C=O) groups is 1. The molecule has 0 atom stereocenters. The highest BCUT2D eigenvalue weighted by Gasteiger charge is 2.61. The Kier molecular flexibility index (Phi) is 4.66. The molecule has 1 spiro atoms. The van der Waals surface area contributed by atoms with Gasteiger partial charge in [-0.15, -0.1) is 0 Å².